The summed E-state index contributed by atoms with van der Waals surface area (Å²) in [7, 11) is 6.44. The summed E-state index contributed by atoms with van der Waals surface area (Å²) in [4.78, 5) is 29.6. The van der Waals surface area contributed by atoms with Crippen LogP contribution in [0.3, 0.4) is 0 Å². The number of methoxy groups -OCH3 is 3. The Morgan fingerprint density at radius 3 is 2.34 bits per heavy atom. The molecule has 0 saturated carbocycles. The van der Waals surface area contributed by atoms with Gasteiger partial charge in [0, 0.05) is 37.8 Å². The number of nitrogens with one attached hydrogen (secondary N) is 1. The van der Waals surface area contributed by atoms with Crippen LogP contribution in [0, 0.1) is 0 Å². The average molecular weight is 459 g/mol. The normalized spacial score (nSPS) is 17.7. The van der Waals surface area contributed by atoms with Gasteiger partial charge in [0.1, 0.15) is 0 Å². The predicted octanol–water partition coefficient (Wildman–Crippen LogP) is 3.49. The summed E-state index contributed by atoms with van der Waals surface area (Å²) < 4.78 is 16.0. The predicted molar refractivity (Wildman–Crippen MR) is 125 cm³/mol. The number of nitrogens with zero attached hydrogens (tertiary/aromatic N) is 1. The monoisotopic (exact) mass is 458 g/mol. The van der Waals surface area contributed by atoms with Gasteiger partial charge in [0.25, 0.3) is 5.91 Å². The zero-order valence-corrected chi connectivity index (χ0v) is 20.0. The van der Waals surface area contributed by atoms with Crippen LogP contribution in [-0.4, -0.2) is 64.5 Å². The maximum Gasteiger partial charge on any atom is 0.254 e. The zero-order chi connectivity index (χ0) is 23.3. The number of hydrogen-bond acceptors (Lipinski definition) is 6. The number of rotatable bonds is 9. The molecule has 8 heteroatoms. The van der Waals surface area contributed by atoms with Crippen molar-refractivity contribution in [2.24, 2.45) is 0 Å². The maximum absolute atomic E-state index is 13.5. The van der Waals surface area contributed by atoms with Crippen molar-refractivity contribution >= 4 is 23.6 Å². The van der Waals surface area contributed by atoms with E-state index in [1.165, 1.54) is 7.11 Å². The first kappa shape index (κ1) is 23.9. The van der Waals surface area contributed by atoms with Gasteiger partial charge in [0.05, 0.1) is 26.2 Å². The highest BCUT2D eigenvalue weighted by molar-refractivity contribution is 7.98. The highest BCUT2D eigenvalue weighted by Crippen LogP contribution is 2.45. The smallest absolute Gasteiger partial charge is 0.254 e. The van der Waals surface area contributed by atoms with Gasteiger partial charge in [-0.3, -0.25) is 9.59 Å². The molecule has 0 spiro atoms. The van der Waals surface area contributed by atoms with E-state index in [2.05, 4.69) is 5.32 Å². The first-order valence-electron chi connectivity index (χ1n) is 10.4. The third-order valence-electron chi connectivity index (χ3n) is 5.74. The van der Waals surface area contributed by atoms with Crippen molar-refractivity contribution < 1.29 is 23.8 Å². The minimum absolute atomic E-state index is 0.145. The first-order valence-corrected chi connectivity index (χ1v) is 11.6. The van der Waals surface area contributed by atoms with E-state index >= 15 is 0 Å². The molecule has 1 aliphatic heterocycles. The molecule has 2 aromatic carbocycles. The number of ether oxygens (including phenoxy) is 3. The van der Waals surface area contributed by atoms with Gasteiger partial charge in [-0.05, 0) is 48.1 Å². The fourth-order valence-electron chi connectivity index (χ4n) is 4.09. The molecule has 1 aliphatic rings. The highest BCUT2D eigenvalue weighted by Gasteiger charge is 2.43. The minimum atomic E-state index is -0.602. The second-order valence-electron chi connectivity index (χ2n) is 7.54. The molecule has 0 radical (unpaired) electrons. The SMILES string of the molecule is COCCCNC(=O)[C@H]1c2cc(OC)c(OC)cc2C(=O)N(C)[C@H]1c1ccc(SC)cc1. The fourth-order valence-corrected chi connectivity index (χ4v) is 4.50. The van der Waals surface area contributed by atoms with Crippen LogP contribution < -0.4 is 14.8 Å². The zero-order valence-electron chi connectivity index (χ0n) is 19.1. The molecule has 7 nitrogen and oxygen atoms in total. The Hall–Kier alpha value is -2.71. The van der Waals surface area contributed by atoms with Gasteiger partial charge in [-0.25, -0.2) is 0 Å². The summed E-state index contributed by atoms with van der Waals surface area (Å²) in [6.45, 7) is 1.05. The van der Waals surface area contributed by atoms with Gasteiger partial charge in [0.15, 0.2) is 11.5 Å². The summed E-state index contributed by atoms with van der Waals surface area (Å²) in [5, 5.41) is 3.02. The molecule has 0 aliphatic carbocycles. The van der Waals surface area contributed by atoms with Gasteiger partial charge < -0.3 is 24.4 Å². The van der Waals surface area contributed by atoms with Crippen LogP contribution in [-0.2, 0) is 9.53 Å². The Morgan fingerprint density at radius 1 is 1.09 bits per heavy atom. The Kier molecular flexibility index (Phi) is 8.04. The Morgan fingerprint density at radius 2 is 1.75 bits per heavy atom. The van der Waals surface area contributed by atoms with E-state index in [-0.39, 0.29) is 11.8 Å². The molecule has 0 unspecified atom stereocenters. The average Bonchev–Trinajstić information content (AvgIpc) is 2.83. The number of fused-ring (bicyclic) bond motifs is 1. The van der Waals surface area contributed by atoms with Crippen LogP contribution in [0.15, 0.2) is 41.3 Å². The summed E-state index contributed by atoms with van der Waals surface area (Å²) in [5.74, 6) is 0.0265. The Bertz CT molecular complexity index is 964. The third kappa shape index (κ3) is 4.71. The molecule has 2 atom stereocenters. The van der Waals surface area contributed by atoms with Crippen LogP contribution in [0.5, 0.6) is 11.5 Å². The van der Waals surface area contributed by atoms with Crippen LogP contribution in [0.4, 0.5) is 0 Å². The van der Waals surface area contributed by atoms with Crippen molar-refractivity contribution in [3.05, 3.63) is 53.1 Å². The lowest BCUT2D eigenvalue weighted by Gasteiger charge is -2.40. The minimum Gasteiger partial charge on any atom is -0.493 e. The van der Waals surface area contributed by atoms with Gasteiger partial charge >= 0.3 is 0 Å². The topological polar surface area (TPSA) is 77.1 Å². The quantitative estimate of drug-likeness (QED) is 0.458. The second kappa shape index (κ2) is 10.7. The van der Waals surface area contributed by atoms with Crippen molar-refractivity contribution in [1.82, 2.24) is 10.2 Å². The molecule has 1 heterocycles. The number of thioether (sulfide) groups is 1. The lowest BCUT2D eigenvalue weighted by atomic mass is 9.79. The molecular formula is C24H30N2O5S. The number of amides is 2. The highest BCUT2D eigenvalue weighted by atomic mass is 32.2. The largest absolute Gasteiger partial charge is 0.493 e. The number of benzene rings is 2. The first-order chi connectivity index (χ1) is 15.5. The molecule has 1 N–H and O–H groups in total. The molecule has 3 rings (SSSR count). The van der Waals surface area contributed by atoms with E-state index in [9.17, 15) is 9.59 Å². The van der Waals surface area contributed by atoms with E-state index < -0.39 is 12.0 Å². The molecule has 0 bridgehead atoms. The maximum atomic E-state index is 13.5. The third-order valence-corrected chi connectivity index (χ3v) is 6.48. The Labute approximate surface area is 193 Å². The molecule has 0 fully saturated rings. The van der Waals surface area contributed by atoms with Gasteiger partial charge in [-0.2, -0.15) is 0 Å². The van der Waals surface area contributed by atoms with Crippen molar-refractivity contribution in [3.63, 3.8) is 0 Å². The molecule has 2 amide bonds. The van der Waals surface area contributed by atoms with Gasteiger partial charge in [0.2, 0.25) is 5.91 Å². The summed E-state index contributed by atoms with van der Waals surface area (Å²) >= 11 is 1.64. The van der Waals surface area contributed by atoms with E-state index in [0.717, 1.165) is 10.5 Å². The molecule has 0 saturated heterocycles. The van der Waals surface area contributed by atoms with E-state index in [1.807, 2.05) is 30.5 Å². The number of carbonyl (C=O) groups excluding carboxylic acids is 2. The number of carbonyl (C=O) groups is 2. The van der Waals surface area contributed by atoms with Gasteiger partial charge in [-0.1, -0.05) is 12.1 Å². The van der Waals surface area contributed by atoms with E-state index in [4.69, 9.17) is 14.2 Å². The van der Waals surface area contributed by atoms with Crippen LogP contribution in [0.25, 0.3) is 0 Å². The van der Waals surface area contributed by atoms with E-state index in [1.54, 1.807) is 50.1 Å². The standard InChI is InChI=1S/C24H30N2O5S/c1-26-22(15-7-9-16(32-5)10-8-15)21(23(27)25-11-6-12-29-2)17-13-19(30-3)20(31-4)14-18(17)24(26)28/h7-10,13-14,21-22H,6,11-12H2,1-5H3,(H,25,27)/t21-,22-/m0/s1. The second-order valence-corrected chi connectivity index (χ2v) is 8.42. The number of hydrogen-bond donors (Lipinski definition) is 1. The van der Waals surface area contributed by atoms with Crippen molar-refractivity contribution in [2.75, 3.05) is 47.8 Å². The molecule has 172 valence electrons. The molecule has 2 aromatic rings. The van der Waals surface area contributed by atoms with Crippen molar-refractivity contribution in [2.45, 2.75) is 23.3 Å². The lowest BCUT2D eigenvalue weighted by Crippen LogP contribution is -2.46. The van der Waals surface area contributed by atoms with Crippen LogP contribution in [0.1, 0.15) is 39.9 Å². The summed E-state index contributed by atoms with van der Waals surface area (Å²) in [6.07, 6.45) is 2.72. The van der Waals surface area contributed by atoms with Gasteiger partial charge in [-0.15, -0.1) is 11.8 Å². The summed E-state index contributed by atoms with van der Waals surface area (Å²) in [5.41, 5.74) is 1.98. The van der Waals surface area contributed by atoms with Crippen LogP contribution >= 0.6 is 11.8 Å². The molecular weight excluding hydrogens is 428 g/mol. The fraction of sp³-hybridized carbons (Fsp3) is 0.417. The number of likely N-dealkylation sites (N-methyl/N-ethyl adjacent to an activating group) is 1. The van der Waals surface area contributed by atoms with Crippen molar-refractivity contribution in [1.29, 1.82) is 0 Å². The van der Waals surface area contributed by atoms with Crippen LogP contribution in [0.2, 0.25) is 0 Å². The van der Waals surface area contributed by atoms with E-state index in [0.29, 0.717) is 42.2 Å². The van der Waals surface area contributed by atoms with Crippen molar-refractivity contribution in [3.8, 4) is 11.5 Å². The summed E-state index contributed by atoms with van der Waals surface area (Å²) in [6, 6.07) is 10.9. The molecule has 0 aromatic heterocycles. The molecule has 32 heavy (non-hydrogen) atoms. The Balaban J connectivity index is 2.10. The lowest BCUT2D eigenvalue weighted by molar-refractivity contribution is -0.124.